The molecule has 1 unspecified atom stereocenters. The van der Waals surface area contributed by atoms with E-state index in [9.17, 15) is 4.79 Å². The molecule has 21 heavy (non-hydrogen) atoms. The minimum atomic E-state index is 0. The normalized spacial score (nSPS) is 17.8. The Hall–Kier alpha value is -0.650. The quantitative estimate of drug-likeness (QED) is 0.842. The molecule has 1 saturated heterocycles. The molecule has 1 atom stereocenters. The number of hydrogen-bond donors (Lipinski definition) is 2. The molecule has 0 aromatic carbocycles. The molecule has 0 spiro atoms. The van der Waals surface area contributed by atoms with Crippen molar-refractivity contribution in [3.8, 4) is 0 Å². The number of carbonyl (C=O) groups excluding carboxylic acids is 1. The van der Waals surface area contributed by atoms with Gasteiger partial charge in [-0.1, -0.05) is 13.8 Å². The van der Waals surface area contributed by atoms with E-state index in [1.54, 1.807) is 11.3 Å². The molecule has 2 rings (SSSR count). The molecule has 120 valence electrons. The molecule has 1 aliphatic heterocycles. The van der Waals surface area contributed by atoms with Gasteiger partial charge in [0.25, 0.3) is 0 Å². The maximum absolute atomic E-state index is 11.8. The van der Waals surface area contributed by atoms with Crippen LogP contribution in [0.1, 0.15) is 54.6 Å². The van der Waals surface area contributed by atoms with E-state index in [4.69, 9.17) is 0 Å². The minimum absolute atomic E-state index is 0. The summed E-state index contributed by atoms with van der Waals surface area (Å²) in [6.45, 7) is 9.14. The molecule has 1 aliphatic rings. The predicted octanol–water partition coefficient (Wildman–Crippen LogP) is 3.00. The van der Waals surface area contributed by atoms with Crippen molar-refractivity contribution in [3.05, 3.63) is 15.6 Å². The molecule has 2 N–H and O–H groups in total. The number of nitrogens with one attached hydrogen (secondary N) is 2. The zero-order chi connectivity index (χ0) is 14.5. The third-order valence-electron chi connectivity index (χ3n) is 3.80. The predicted molar refractivity (Wildman–Crippen MR) is 90.2 cm³/mol. The number of hydrogen-bond acceptors (Lipinski definition) is 4. The topological polar surface area (TPSA) is 54.0 Å². The molecule has 6 heteroatoms. The van der Waals surface area contributed by atoms with E-state index in [1.165, 1.54) is 11.3 Å². The highest BCUT2D eigenvalue weighted by Gasteiger charge is 2.16. The fourth-order valence-corrected chi connectivity index (χ4v) is 3.66. The zero-order valence-corrected chi connectivity index (χ0v) is 14.7. The third-order valence-corrected chi connectivity index (χ3v) is 4.79. The Morgan fingerprint density at radius 1 is 1.52 bits per heavy atom. The van der Waals surface area contributed by atoms with Crippen molar-refractivity contribution < 1.29 is 4.79 Å². The van der Waals surface area contributed by atoms with E-state index in [0.717, 1.165) is 30.2 Å². The fourth-order valence-electron chi connectivity index (χ4n) is 2.63. The Kier molecular flexibility index (Phi) is 7.63. The maximum atomic E-state index is 11.8. The van der Waals surface area contributed by atoms with Gasteiger partial charge in [-0.2, -0.15) is 0 Å². The minimum Gasteiger partial charge on any atom is -0.350 e. The number of rotatable bonds is 6. The summed E-state index contributed by atoms with van der Waals surface area (Å²) in [5, 5.41) is 7.34. The largest absolute Gasteiger partial charge is 0.350 e. The summed E-state index contributed by atoms with van der Waals surface area (Å²) in [4.78, 5) is 17.7. The molecule has 4 nitrogen and oxygen atoms in total. The maximum Gasteiger partial charge on any atom is 0.220 e. The molecule has 2 heterocycles. The summed E-state index contributed by atoms with van der Waals surface area (Å²) < 4.78 is 0. The molecular formula is C15H26ClN3OS. The monoisotopic (exact) mass is 331 g/mol. The van der Waals surface area contributed by atoms with Crippen molar-refractivity contribution in [2.24, 2.45) is 5.92 Å². The van der Waals surface area contributed by atoms with E-state index in [1.807, 2.05) is 0 Å². The molecule has 0 saturated carbocycles. The lowest BCUT2D eigenvalue weighted by Gasteiger charge is -2.07. The summed E-state index contributed by atoms with van der Waals surface area (Å²) in [5.74, 6) is 1.27. The van der Waals surface area contributed by atoms with Gasteiger partial charge in [0.1, 0.15) is 5.01 Å². The third kappa shape index (κ3) is 5.57. The summed E-state index contributed by atoms with van der Waals surface area (Å²) in [7, 11) is 0. The van der Waals surface area contributed by atoms with Gasteiger partial charge in [0, 0.05) is 11.3 Å². The van der Waals surface area contributed by atoms with E-state index in [2.05, 4.69) is 36.4 Å². The average Bonchev–Trinajstić information content (AvgIpc) is 3.03. The number of halogens is 1. The molecule has 0 radical (unpaired) electrons. The van der Waals surface area contributed by atoms with Gasteiger partial charge in [-0.15, -0.1) is 23.7 Å². The molecule has 1 amide bonds. The van der Waals surface area contributed by atoms with E-state index in [-0.39, 0.29) is 18.3 Å². The van der Waals surface area contributed by atoms with E-state index >= 15 is 0 Å². The van der Waals surface area contributed by atoms with Crippen LogP contribution in [0, 0.1) is 12.8 Å². The van der Waals surface area contributed by atoms with Crippen LogP contribution in [0.5, 0.6) is 0 Å². The van der Waals surface area contributed by atoms with Crippen LogP contribution in [0.15, 0.2) is 0 Å². The van der Waals surface area contributed by atoms with Crippen LogP contribution in [0.4, 0.5) is 0 Å². The summed E-state index contributed by atoms with van der Waals surface area (Å²) in [5.41, 5.74) is 1.16. The number of aromatic nitrogens is 1. The summed E-state index contributed by atoms with van der Waals surface area (Å²) >= 11 is 1.69. The van der Waals surface area contributed by atoms with Gasteiger partial charge >= 0.3 is 0 Å². The second kappa shape index (κ2) is 8.71. The Morgan fingerprint density at radius 3 is 2.86 bits per heavy atom. The number of aryl methyl sites for hydroxylation is 1. The van der Waals surface area contributed by atoms with Crippen molar-refractivity contribution >= 4 is 29.7 Å². The summed E-state index contributed by atoms with van der Waals surface area (Å²) in [6, 6.07) is 0. The van der Waals surface area contributed by atoms with Crippen LogP contribution in [0.25, 0.3) is 0 Å². The van der Waals surface area contributed by atoms with Gasteiger partial charge in [0.2, 0.25) is 5.91 Å². The highest BCUT2D eigenvalue weighted by molar-refractivity contribution is 7.11. The van der Waals surface area contributed by atoms with Gasteiger partial charge in [-0.3, -0.25) is 4.79 Å². The van der Waals surface area contributed by atoms with Crippen LogP contribution in [0.3, 0.4) is 0 Å². The first-order chi connectivity index (χ1) is 9.56. The lowest BCUT2D eigenvalue weighted by atomic mass is 10.0. The van der Waals surface area contributed by atoms with Gasteiger partial charge in [0.15, 0.2) is 0 Å². The van der Waals surface area contributed by atoms with Crippen molar-refractivity contribution in [2.75, 3.05) is 13.1 Å². The second-order valence-electron chi connectivity index (χ2n) is 5.88. The van der Waals surface area contributed by atoms with Crippen LogP contribution < -0.4 is 10.6 Å². The molecule has 0 bridgehead atoms. The number of carbonyl (C=O) groups is 1. The average molecular weight is 332 g/mol. The fraction of sp³-hybridized carbons (Fsp3) is 0.733. The lowest BCUT2D eigenvalue weighted by Crippen LogP contribution is -2.23. The first kappa shape index (κ1) is 18.4. The van der Waals surface area contributed by atoms with Crippen LogP contribution in [-0.4, -0.2) is 24.0 Å². The lowest BCUT2D eigenvalue weighted by molar-refractivity contribution is -0.121. The van der Waals surface area contributed by atoms with Crippen LogP contribution in [-0.2, 0) is 11.3 Å². The van der Waals surface area contributed by atoms with Crippen molar-refractivity contribution in [2.45, 2.75) is 52.5 Å². The molecule has 1 fully saturated rings. The van der Waals surface area contributed by atoms with Crippen LogP contribution in [0.2, 0.25) is 0 Å². The highest BCUT2D eigenvalue weighted by Crippen LogP contribution is 2.24. The molecule has 1 aromatic rings. The highest BCUT2D eigenvalue weighted by atomic mass is 35.5. The second-order valence-corrected chi connectivity index (χ2v) is 7.17. The zero-order valence-electron chi connectivity index (χ0n) is 13.1. The van der Waals surface area contributed by atoms with Crippen LogP contribution >= 0.6 is 23.7 Å². The molecule has 1 aromatic heterocycles. The summed E-state index contributed by atoms with van der Waals surface area (Å²) in [6.07, 6.45) is 2.83. The van der Waals surface area contributed by atoms with Gasteiger partial charge in [-0.25, -0.2) is 4.98 Å². The Bertz CT molecular complexity index is 456. The van der Waals surface area contributed by atoms with Gasteiger partial charge in [0.05, 0.1) is 12.2 Å². The SMILES string of the molecule is Cc1sc(CNC(=O)CCC2CCNC2)nc1C(C)C.Cl. The van der Waals surface area contributed by atoms with E-state index in [0.29, 0.717) is 24.8 Å². The molecular weight excluding hydrogens is 306 g/mol. The Balaban J connectivity index is 0.00000220. The van der Waals surface area contributed by atoms with Crippen molar-refractivity contribution in [1.29, 1.82) is 0 Å². The first-order valence-electron chi connectivity index (χ1n) is 7.50. The number of thiazole rings is 1. The van der Waals surface area contributed by atoms with E-state index < -0.39 is 0 Å². The van der Waals surface area contributed by atoms with Crippen molar-refractivity contribution in [1.82, 2.24) is 15.6 Å². The van der Waals surface area contributed by atoms with Gasteiger partial charge < -0.3 is 10.6 Å². The van der Waals surface area contributed by atoms with Crippen molar-refractivity contribution in [3.63, 3.8) is 0 Å². The number of nitrogens with zero attached hydrogens (tertiary/aromatic N) is 1. The first-order valence-corrected chi connectivity index (χ1v) is 8.31. The Labute approximate surface area is 137 Å². The smallest absolute Gasteiger partial charge is 0.220 e. The Morgan fingerprint density at radius 2 is 2.29 bits per heavy atom. The van der Waals surface area contributed by atoms with Gasteiger partial charge in [-0.05, 0) is 44.7 Å². The molecule has 0 aliphatic carbocycles. The number of amides is 1. The standard InChI is InChI=1S/C15H25N3OS.ClH/c1-10(2)15-11(3)20-14(18-15)9-17-13(19)5-4-12-6-7-16-8-12;/h10,12,16H,4-9H2,1-3H3,(H,17,19);1H.